The molecule has 7 nitrogen and oxygen atoms in total. The number of hydrogen-bond acceptors (Lipinski definition) is 4. The van der Waals surface area contributed by atoms with Crippen molar-refractivity contribution in [2.45, 2.75) is 70.1 Å². The summed E-state index contributed by atoms with van der Waals surface area (Å²) >= 11 is 0. The fourth-order valence-electron chi connectivity index (χ4n) is 5.32. The number of hydrogen-bond donors (Lipinski definition) is 1. The Labute approximate surface area is 200 Å². The molecule has 3 aromatic rings. The van der Waals surface area contributed by atoms with Gasteiger partial charge >= 0.3 is 0 Å². The van der Waals surface area contributed by atoms with E-state index in [9.17, 15) is 9.59 Å². The van der Waals surface area contributed by atoms with E-state index in [1.165, 1.54) is 12.8 Å². The van der Waals surface area contributed by atoms with Crippen LogP contribution in [0.1, 0.15) is 61.6 Å². The zero-order valence-corrected chi connectivity index (χ0v) is 19.9. The highest BCUT2D eigenvalue weighted by Crippen LogP contribution is 2.35. The summed E-state index contributed by atoms with van der Waals surface area (Å²) in [4.78, 5) is 33.9. The third-order valence-electron chi connectivity index (χ3n) is 7.36. The summed E-state index contributed by atoms with van der Waals surface area (Å²) in [6.07, 6.45) is 8.39. The molecule has 1 fully saturated rings. The van der Waals surface area contributed by atoms with Crippen molar-refractivity contribution in [2.24, 2.45) is 0 Å². The normalized spacial score (nSPS) is 21.2. The molecule has 1 atom stereocenters. The smallest absolute Gasteiger partial charge is 0.271 e. The minimum atomic E-state index is -1.05. The molecule has 2 aliphatic rings. The lowest BCUT2D eigenvalue weighted by Gasteiger charge is -2.44. The Morgan fingerprint density at radius 3 is 2.65 bits per heavy atom. The monoisotopic (exact) mass is 460 g/mol. The van der Waals surface area contributed by atoms with Crippen molar-refractivity contribution in [3.8, 4) is 5.75 Å². The Balaban J connectivity index is 1.55. The van der Waals surface area contributed by atoms with Crippen LogP contribution in [-0.4, -0.2) is 45.0 Å². The van der Waals surface area contributed by atoms with Crippen molar-refractivity contribution < 1.29 is 14.3 Å². The van der Waals surface area contributed by atoms with Crippen molar-refractivity contribution in [1.29, 1.82) is 0 Å². The number of nitrogens with zero attached hydrogens (tertiary/aromatic N) is 3. The number of rotatable bonds is 5. The molecule has 1 unspecified atom stereocenters. The van der Waals surface area contributed by atoms with Crippen molar-refractivity contribution in [2.75, 3.05) is 7.11 Å². The number of benzene rings is 1. The SMILES string of the molecule is COc1ccc2cc3n(c2c1)CC(C)(C(=O)NC1CCCCCC1)N(Cc1ccccn1)C3=O. The minimum absolute atomic E-state index is 0.0981. The summed E-state index contributed by atoms with van der Waals surface area (Å²) in [5, 5.41) is 4.26. The van der Waals surface area contributed by atoms with Crippen molar-refractivity contribution >= 4 is 22.7 Å². The highest BCUT2D eigenvalue weighted by atomic mass is 16.5. The number of carbonyl (C=O) groups excluding carboxylic acids is 2. The molecular weight excluding hydrogens is 428 g/mol. The topological polar surface area (TPSA) is 76.5 Å². The first-order chi connectivity index (χ1) is 16.5. The average molecular weight is 461 g/mol. The van der Waals surface area contributed by atoms with E-state index in [4.69, 9.17) is 4.74 Å². The molecule has 178 valence electrons. The van der Waals surface area contributed by atoms with Gasteiger partial charge in [0.05, 0.1) is 31.4 Å². The molecule has 7 heteroatoms. The van der Waals surface area contributed by atoms with E-state index < -0.39 is 5.54 Å². The van der Waals surface area contributed by atoms with Gasteiger partial charge in [0.25, 0.3) is 5.91 Å². The number of carbonyl (C=O) groups is 2. The first kappa shape index (κ1) is 22.4. The number of nitrogens with one attached hydrogen (secondary N) is 1. The van der Waals surface area contributed by atoms with Gasteiger partial charge in [-0.25, -0.2) is 0 Å². The van der Waals surface area contributed by atoms with Gasteiger partial charge in [-0.15, -0.1) is 0 Å². The molecule has 1 aliphatic carbocycles. The number of methoxy groups -OCH3 is 1. The second kappa shape index (κ2) is 9.12. The number of fused-ring (bicyclic) bond motifs is 3. The maximum absolute atomic E-state index is 13.9. The van der Waals surface area contributed by atoms with E-state index in [2.05, 4.69) is 10.3 Å². The summed E-state index contributed by atoms with van der Waals surface area (Å²) in [5.41, 5.74) is 1.19. The van der Waals surface area contributed by atoms with Crippen LogP contribution in [0, 0.1) is 0 Å². The van der Waals surface area contributed by atoms with Gasteiger partial charge in [-0.1, -0.05) is 31.7 Å². The first-order valence-corrected chi connectivity index (χ1v) is 12.2. The van der Waals surface area contributed by atoms with Crippen molar-refractivity contribution in [1.82, 2.24) is 19.8 Å². The van der Waals surface area contributed by atoms with E-state index >= 15 is 0 Å². The third kappa shape index (κ3) is 4.04. The molecule has 1 aliphatic heterocycles. The minimum Gasteiger partial charge on any atom is -0.497 e. The van der Waals surface area contributed by atoms with E-state index in [0.29, 0.717) is 12.2 Å². The lowest BCUT2D eigenvalue weighted by atomic mass is 9.93. The zero-order chi connectivity index (χ0) is 23.7. The number of pyridine rings is 1. The van der Waals surface area contributed by atoms with Gasteiger partial charge in [-0.3, -0.25) is 14.6 Å². The molecule has 0 saturated heterocycles. The maximum Gasteiger partial charge on any atom is 0.271 e. The summed E-state index contributed by atoms with van der Waals surface area (Å²) in [5.74, 6) is 0.464. The van der Waals surface area contributed by atoms with Gasteiger partial charge in [-0.2, -0.15) is 0 Å². The van der Waals surface area contributed by atoms with Crippen LogP contribution in [0.4, 0.5) is 0 Å². The number of aromatic nitrogens is 2. The molecule has 1 aromatic carbocycles. The van der Waals surface area contributed by atoms with E-state index in [1.54, 1.807) is 18.2 Å². The van der Waals surface area contributed by atoms with Gasteiger partial charge in [0.15, 0.2) is 0 Å². The van der Waals surface area contributed by atoms with Gasteiger partial charge in [-0.05, 0) is 50.1 Å². The Morgan fingerprint density at radius 2 is 1.94 bits per heavy atom. The Morgan fingerprint density at radius 1 is 1.15 bits per heavy atom. The lowest BCUT2D eigenvalue weighted by Crippen LogP contribution is -2.64. The van der Waals surface area contributed by atoms with Crippen LogP contribution in [0.25, 0.3) is 10.9 Å². The quantitative estimate of drug-likeness (QED) is 0.576. The summed E-state index contributed by atoms with van der Waals surface area (Å²) < 4.78 is 7.40. The summed E-state index contributed by atoms with van der Waals surface area (Å²) in [7, 11) is 1.63. The molecule has 0 radical (unpaired) electrons. The van der Waals surface area contributed by atoms with Crippen LogP contribution in [0.15, 0.2) is 48.7 Å². The fourth-order valence-corrected chi connectivity index (χ4v) is 5.32. The fraction of sp³-hybridized carbons (Fsp3) is 0.444. The Bertz CT molecular complexity index is 1200. The van der Waals surface area contributed by atoms with E-state index in [-0.39, 0.29) is 24.4 Å². The highest BCUT2D eigenvalue weighted by molar-refractivity contribution is 6.03. The molecule has 5 rings (SSSR count). The molecule has 0 bridgehead atoms. The molecule has 2 amide bonds. The highest BCUT2D eigenvalue weighted by Gasteiger charge is 2.48. The molecular formula is C27H32N4O3. The van der Waals surface area contributed by atoms with Gasteiger partial charge in [0.2, 0.25) is 5.91 Å². The van der Waals surface area contributed by atoms with Gasteiger partial charge in [0, 0.05) is 23.7 Å². The lowest BCUT2D eigenvalue weighted by molar-refractivity contribution is -0.134. The van der Waals surface area contributed by atoms with Crippen LogP contribution in [0.5, 0.6) is 5.75 Å². The van der Waals surface area contributed by atoms with Crippen LogP contribution in [0.2, 0.25) is 0 Å². The molecule has 34 heavy (non-hydrogen) atoms. The van der Waals surface area contributed by atoms with Crippen LogP contribution < -0.4 is 10.1 Å². The first-order valence-electron chi connectivity index (χ1n) is 12.2. The second-order valence-electron chi connectivity index (χ2n) is 9.69. The van der Waals surface area contributed by atoms with Crippen LogP contribution in [0.3, 0.4) is 0 Å². The van der Waals surface area contributed by atoms with Crippen LogP contribution >= 0.6 is 0 Å². The largest absolute Gasteiger partial charge is 0.497 e. The summed E-state index contributed by atoms with van der Waals surface area (Å²) in [6, 6.07) is 13.5. The Hall–Kier alpha value is -3.35. The third-order valence-corrected chi connectivity index (χ3v) is 7.36. The Kier molecular flexibility index (Phi) is 6.02. The van der Waals surface area contributed by atoms with Gasteiger partial charge < -0.3 is 19.5 Å². The van der Waals surface area contributed by atoms with E-state index in [0.717, 1.165) is 48.0 Å². The molecule has 3 heterocycles. The van der Waals surface area contributed by atoms with Crippen LogP contribution in [-0.2, 0) is 17.9 Å². The predicted molar refractivity (Wildman–Crippen MR) is 131 cm³/mol. The second-order valence-corrected chi connectivity index (χ2v) is 9.69. The predicted octanol–water partition coefficient (Wildman–Crippen LogP) is 4.30. The molecule has 1 N–H and O–H groups in total. The molecule has 2 aromatic heterocycles. The van der Waals surface area contributed by atoms with Gasteiger partial charge in [0.1, 0.15) is 17.0 Å². The average Bonchev–Trinajstić information content (AvgIpc) is 3.01. The van der Waals surface area contributed by atoms with Crippen molar-refractivity contribution in [3.63, 3.8) is 0 Å². The zero-order valence-electron chi connectivity index (χ0n) is 19.9. The maximum atomic E-state index is 13.9. The summed E-state index contributed by atoms with van der Waals surface area (Å²) in [6.45, 7) is 2.53. The van der Waals surface area contributed by atoms with Crippen molar-refractivity contribution in [3.05, 3.63) is 60.0 Å². The molecule has 1 saturated carbocycles. The molecule has 0 spiro atoms. The van der Waals surface area contributed by atoms with E-state index in [1.807, 2.05) is 54.0 Å². The number of ether oxygens (including phenoxy) is 1. The number of amides is 2. The standard InChI is InChI=1S/C27H32N4O3/c1-27(26(33)29-20-9-5-3-4-6-10-20)18-30-23-16-22(34-2)13-12-19(23)15-24(30)25(32)31(27)17-21-11-7-8-14-28-21/h7-8,11-16,20H,3-6,9-10,17-18H2,1-2H3,(H,29,33).